The van der Waals surface area contributed by atoms with Crippen molar-refractivity contribution < 1.29 is 80.2 Å². The number of esters is 4. The molecule has 0 bridgehead atoms. The molecule has 0 heterocycles. The van der Waals surface area contributed by atoms with Crippen LogP contribution in [0, 0.1) is 0 Å². The summed E-state index contributed by atoms with van der Waals surface area (Å²) in [6.07, 6.45) is 76.3. The van der Waals surface area contributed by atoms with Gasteiger partial charge in [0.1, 0.15) is 19.3 Å². The van der Waals surface area contributed by atoms with Crippen LogP contribution in [0.25, 0.3) is 0 Å². The molecule has 562 valence electrons. The van der Waals surface area contributed by atoms with E-state index in [0.29, 0.717) is 25.7 Å². The minimum Gasteiger partial charge on any atom is -0.462 e. The van der Waals surface area contributed by atoms with Gasteiger partial charge in [0.05, 0.1) is 26.4 Å². The van der Waals surface area contributed by atoms with Gasteiger partial charge in [0, 0.05) is 25.7 Å². The Balaban J connectivity index is 5.38. The molecular weight excluding hydrogens is 1280 g/mol. The highest BCUT2D eigenvalue weighted by Crippen LogP contribution is 2.45. The maximum Gasteiger partial charge on any atom is 0.472 e. The zero-order valence-corrected chi connectivity index (χ0v) is 63.0. The number of ether oxygens (including phenoxy) is 4. The Morgan fingerprint density at radius 1 is 0.296 bits per heavy atom. The Hall–Kier alpha value is -4.54. The lowest BCUT2D eigenvalue weighted by Crippen LogP contribution is -2.30. The van der Waals surface area contributed by atoms with E-state index in [9.17, 15) is 43.2 Å². The maximum absolute atomic E-state index is 13.1. The molecule has 0 fully saturated rings. The third kappa shape index (κ3) is 69.9. The van der Waals surface area contributed by atoms with E-state index < -0.39 is 97.5 Å². The van der Waals surface area contributed by atoms with Crippen molar-refractivity contribution in [3.8, 4) is 0 Å². The molecular formula is C79H134O17P2. The number of hydrogen-bond acceptors (Lipinski definition) is 15. The van der Waals surface area contributed by atoms with Crippen molar-refractivity contribution in [1.82, 2.24) is 0 Å². The quantitative estimate of drug-likeness (QED) is 0.0169. The van der Waals surface area contributed by atoms with Crippen LogP contribution in [0.1, 0.15) is 297 Å². The van der Waals surface area contributed by atoms with Crippen molar-refractivity contribution in [2.45, 2.75) is 316 Å². The zero-order chi connectivity index (χ0) is 71.8. The number of aliphatic hydroxyl groups excluding tert-OH is 1. The summed E-state index contributed by atoms with van der Waals surface area (Å²) in [5.41, 5.74) is 0. The third-order valence-electron chi connectivity index (χ3n) is 15.4. The molecule has 5 unspecified atom stereocenters. The van der Waals surface area contributed by atoms with Crippen LogP contribution in [0.2, 0.25) is 0 Å². The van der Waals surface area contributed by atoms with Gasteiger partial charge < -0.3 is 33.8 Å². The number of phosphoric ester groups is 2. The fourth-order valence-corrected chi connectivity index (χ4v) is 11.2. The van der Waals surface area contributed by atoms with Crippen molar-refractivity contribution in [2.24, 2.45) is 0 Å². The first kappa shape index (κ1) is 93.5. The van der Waals surface area contributed by atoms with Gasteiger partial charge in [-0.05, 0) is 148 Å². The molecule has 0 rings (SSSR count). The third-order valence-corrected chi connectivity index (χ3v) is 17.3. The number of aliphatic hydroxyl groups is 1. The number of carbonyl (C=O) groups excluding carboxylic acids is 4. The monoisotopic (exact) mass is 1420 g/mol. The second-order valence-corrected chi connectivity index (χ2v) is 27.7. The Bertz CT molecular complexity index is 2340. The first-order chi connectivity index (χ1) is 47.7. The molecule has 3 N–H and O–H groups in total. The molecule has 0 aliphatic heterocycles. The molecule has 0 saturated carbocycles. The van der Waals surface area contributed by atoms with Gasteiger partial charge in [0.15, 0.2) is 12.2 Å². The molecule has 19 heteroatoms. The lowest BCUT2D eigenvalue weighted by atomic mass is 10.1. The molecule has 0 aromatic heterocycles. The second-order valence-electron chi connectivity index (χ2n) is 24.8. The number of phosphoric acid groups is 2. The van der Waals surface area contributed by atoms with E-state index in [-0.39, 0.29) is 25.7 Å². The van der Waals surface area contributed by atoms with Crippen LogP contribution < -0.4 is 0 Å². The Morgan fingerprint density at radius 2 is 0.541 bits per heavy atom. The molecule has 0 radical (unpaired) electrons. The van der Waals surface area contributed by atoms with E-state index in [0.717, 1.165) is 180 Å². The van der Waals surface area contributed by atoms with Crippen molar-refractivity contribution in [1.29, 1.82) is 0 Å². The molecule has 0 saturated heterocycles. The van der Waals surface area contributed by atoms with Crippen LogP contribution in [0.4, 0.5) is 0 Å². The van der Waals surface area contributed by atoms with Crippen molar-refractivity contribution in [3.05, 3.63) is 122 Å². The zero-order valence-electron chi connectivity index (χ0n) is 61.2. The van der Waals surface area contributed by atoms with Crippen molar-refractivity contribution in [2.75, 3.05) is 39.6 Å². The normalized spacial score (nSPS) is 14.6. The predicted molar refractivity (Wildman–Crippen MR) is 399 cm³/mol. The average molecular weight is 1420 g/mol. The van der Waals surface area contributed by atoms with Gasteiger partial charge in [-0.3, -0.25) is 37.3 Å². The van der Waals surface area contributed by atoms with Gasteiger partial charge in [-0.15, -0.1) is 0 Å². The minimum atomic E-state index is -4.99. The molecule has 98 heavy (non-hydrogen) atoms. The SMILES string of the molecule is CC/C=C\C/C=C\C/C=C\C/C=C\C/C=C\CCCCCC(=O)OCC(COP(=O)(O)OCC(O)COP(=O)(O)OCC(COC(=O)CCCCCCC/C=C\CCCCCC)OC(=O)CCCCCCC/C=C\CCCC)OC(=O)CCCCCCC/C=C\C/C=C\C/C=C\CC. The number of carbonyl (C=O) groups is 4. The summed E-state index contributed by atoms with van der Waals surface area (Å²) >= 11 is 0. The molecule has 17 nitrogen and oxygen atoms in total. The lowest BCUT2D eigenvalue weighted by Gasteiger charge is -2.21. The van der Waals surface area contributed by atoms with Crippen LogP contribution in [-0.2, 0) is 65.4 Å². The summed E-state index contributed by atoms with van der Waals surface area (Å²) < 4.78 is 68.4. The van der Waals surface area contributed by atoms with Crippen LogP contribution in [0.5, 0.6) is 0 Å². The van der Waals surface area contributed by atoms with Crippen LogP contribution >= 0.6 is 15.6 Å². The topological polar surface area (TPSA) is 237 Å². The van der Waals surface area contributed by atoms with Crippen LogP contribution in [0.3, 0.4) is 0 Å². The summed E-state index contributed by atoms with van der Waals surface area (Å²) in [4.78, 5) is 72.8. The highest BCUT2D eigenvalue weighted by atomic mass is 31.2. The first-order valence-corrected chi connectivity index (χ1v) is 40.8. The molecule has 0 aliphatic carbocycles. The largest absolute Gasteiger partial charge is 0.472 e. The molecule has 0 aromatic carbocycles. The summed E-state index contributed by atoms with van der Waals surface area (Å²) in [6.45, 7) is 4.51. The highest BCUT2D eigenvalue weighted by molar-refractivity contribution is 7.47. The van der Waals surface area contributed by atoms with Gasteiger partial charge >= 0.3 is 39.5 Å². The average Bonchev–Trinajstić information content (AvgIpc) is 0.992. The van der Waals surface area contributed by atoms with E-state index in [1.54, 1.807) is 0 Å². The Kier molecular flexibility index (Phi) is 67.6. The van der Waals surface area contributed by atoms with E-state index in [1.807, 2.05) is 0 Å². The minimum absolute atomic E-state index is 0.0649. The molecule has 0 spiro atoms. The summed E-state index contributed by atoms with van der Waals surface area (Å²) in [5.74, 6) is -2.25. The fourth-order valence-electron chi connectivity index (χ4n) is 9.65. The standard InChI is InChI=1S/C79H134O17P2/c1-5-9-13-17-21-25-29-32-34-35-36-37-39-41-45-48-52-56-60-64-77(82)90-70-75(96-79(84)66-62-58-54-50-46-42-38-33-30-26-22-18-14-10-6-2)72-94-98(87,88)92-68-73(80)67-91-97(85,86)93-71-74(95-78(83)65-61-57-53-49-43-28-24-20-16-12-8-4)69-89-76(81)63-59-55-51-47-44-40-31-27-23-19-15-11-7-3/h9-10,13-14,20-22,24-27,31-34,36-38,41,45,73-75,80H,5-8,11-12,15-19,23,28-30,35,39-40,42-44,46-72H2,1-4H3,(H,85,86)(H,87,88)/b13-9-,14-10-,24-20-,25-21-,26-22-,31-27-,34-32-,37-36-,38-33-,45-41-. The van der Waals surface area contributed by atoms with Gasteiger partial charge in [0.2, 0.25) is 0 Å². The Morgan fingerprint density at radius 3 is 0.867 bits per heavy atom. The van der Waals surface area contributed by atoms with Gasteiger partial charge in [0.25, 0.3) is 0 Å². The Labute approximate surface area is 593 Å². The van der Waals surface area contributed by atoms with E-state index in [4.69, 9.17) is 37.0 Å². The highest BCUT2D eigenvalue weighted by Gasteiger charge is 2.30. The second kappa shape index (κ2) is 70.9. The van der Waals surface area contributed by atoms with E-state index in [1.165, 1.54) is 38.5 Å². The molecule has 0 amide bonds. The predicted octanol–water partition coefficient (Wildman–Crippen LogP) is 21.6. The van der Waals surface area contributed by atoms with Gasteiger partial charge in [-0.25, -0.2) is 9.13 Å². The van der Waals surface area contributed by atoms with Crippen molar-refractivity contribution in [3.63, 3.8) is 0 Å². The van der Waals surface area contributed by atoms with Crippen LogP contribution in [-0.4, -0.2) is 96.7 Å². The number of hydrogen-bond donors (Lipinski definition) is 3. The number of unbranched alkanes of at least 4 members (excludes halogenated alkanes) is 24. The first-order valence-electron chi connectivity index (χ1n) is 37.8. The fraction of sp³-hybridized carbons (Fsp3) is 0.696. The lowest BCUT2D eigenvalue weighted by molar-refractivity contribution is -0.161. The van der Waals surface area contributed by atoms with Gasteiger partial charge in [-0.1, -0.05) is 246 Å². The molecule has 5 atom stereocenters. The number of allylic oxidation sites excluding steroid dienone is 20. The maximum atomic E-state index is 13.1. The summed E-state index contributed by atoms with van der Waals surface area (Å²) in [6, 6.07) is 0. The van der Waals surface area contributed by atoms with E-state index >= 15 is 0 Å². The van der Waals surface area contributed by atoms with Gasteiger partial charge in [-0.2, -0.15) is 0 Å². The summed E-state index contributed by atoms with van der Waals surface area (Å²) in [5, 5.41) is 10.6. The summed E-state index contributed by atoms with van der Waals surface area (Å²) in [7, 11) is -9.97. The molecule has 0 aromatic rings. The molecule has 0 aliphatic rings. The number of rotatable bonds is 70. The van der Waals surface area contributed by atoms with Crippen molar-refractivity contribution >= 4 is 39.5 Å². The van der Waals surface area contributed by atoms with Crippen LogP contribution in [0.15, 0.2) is 122 Å². The smallest absolute Gasteiger partial charge is 0.462 e. The van der Waals surface area contributed by atoms with E-state index in [2.05, 4.69) is 149 Å².